The highest BCUT2D eigenvalue weighted by Gasteiger charge is 2.43. The number of rotatable bonds is 3. The molecule has 1 aliphatic carbocycles. The highest BCUT2D eigenvalue weighted by molar-refractivity contribution is 9.11. The van der Waals surface area contributed by atoms with Crippen molar-refractivity contribution < 1.29 is 4.74 Å². The van der Waals surface area contributed by atoms with Crippen molar-refractivity contribution >= 4 is 15.9 Å². The maximum atomic E-state index is 5.48. The lowest BCUT2D eigenvalue weighted by atomic mass is 9.75. The van der Waals surface area contributed by atoms with Gasteiger partial charge in [-0.15, -0.1) is 0 Å². The number of ether oxygens (including phenoxy) is 1. The van der Waals surface area contributed by atoms with E-state index in [1.54, 1.807) is 0 Å². The summed E-state index contributed by atoms with van der Waals surface area (Å²) in [7, 11) is 0. The van der Waals surface area contributed by atoms with Gasteiger partial charge in [-0.25, -0.2) is 0 Å². The van der Waals surface area contributed by atoms with E-state index in [0.29, 0.717) is 11.5 Å². The van der Waals surface area contributed by atoms with Crippen molar-refractivity contribution in [2.24, 2.45) is 5.41 Å². The van der Waals surface area contributed by atoms with Crippen LogP contribution in [0.5, 0.6) is 0 Å². The molecule has 1 N–H and O–H groups in total. The van der Waals surface area contributed by atoms with E-state index in [2.05, 4.69) is 27.8 Å². The van der Waals surface area contributed by atoms with E-state index < -0.39 is 0 Å². The van der Waals surface area contributed by atoms with Gasteiger partial charge in [0.05, 0.1) is 0 Å². The summed E-state index contributed by atoms with van der Waals surface area (Å²) in [6, 6.07) is 0.677. The molecule has 0 aromatic rings. The maximum absolute atomic E-state index is 5.48. The molecule has 2 rings (SSSR count). The molecule has 0 radical (unpaired) electrons. The molecule has 1 atom stereocenters. The van der Waals surface area contributed by atoms with Crippen LogP contribution in [-0.2, 0) is 4.74 Å². The normalized spacial score (nSPS) is 29.5. The van der Waals surface area contributed by atoms with Gasteiger partial charge in [0.15, 0.2) is 0 Å². The molecule has 0 aromatic heterocycles. The van der Waals surface area contributed by atoms with E-state index >= 15 is 0 Å². The first-order valence-electron chi connectivity index (χ1n) is 5.87. The summed E-state index contributed by atoms with van der Waals surface area (Å²) in [6.45, 7) is 6.68. The van der Waals surface area contributed by atoms with Crippen LogP contribution in [0.3, 0.4) is 0 Å². The Kier molecular flexibility index (Phi) is 3.86. The van der Waals surface area contributed by atoms with Gasteiger partial charge in [0.25, 0.3) is 0 Å². The first-order chi connectivity index (χ1) is 7.23. The van der Waals surface area contributed by atoms with Crippen molar-refractivity contribution in [3.63, 3.8) is 0 Å². The molecular formula is C12H20BrNO. The van der Waals surface area contributed by atoms with E-state index in [1.165, 1.54) is 32.1 Å². The number of hydrogen-bond donors (Lipinski definition) is 1. The predicted octanol–water partition coefficient (Wildman–Crippen LogP) is 2.83. The smallest absolute Gasteiger partial charge is 0.0471 e. The first-order valence-corrected chi connectivity index (χ1v) is 6.67. The third kappa shape index (κ3) is 2.63. The zero-order chi connectivity index (χ0) is 10.7. The van der Waals surface area contributed by atoms with Crippen LogP contribution in [0.2, 0.25) is 0 Å². The average Bonchev–Trinajstić information content (AvgIpc) is 2.59. The molecule has 2 fully saturated rings. The van der Waals surface area contributed by atoms with Crippen LogP contribution < -0.4 is 5.32 Å². The Bertz CT molecular complexity index is 236. The Morgan fingerprint density at radius 1 is 1.40 bits per heavy atom. The number of nitrogens with one attached hydrogen (secondary N) is 1. The molecule has 1 spiro atoms. The molecule has 15 heavy (non-hydrogen) atoms. The van der Waals surface area contributed by atoms with Crippen molar-refractivity contribution in [3.8, 4) is 0 Å². The second-order valence-electron chi connectivity index (χ2n) is 4.82. The Hall–Kier alpha value is 0.140. The van der Waals surface area contributed by atoms with E-state index in [0.717, 1.165) is 24.2 Å². The van der Waals surface area contributed by atoms with Crippen LogP contribution >= 0.6 is 15.9 Å². The Balaban J connectivity index is 1.94. The fourth-order valence-electron chi connectivity index (χ4n) is 3.07. The summed E-state index contributed by atoms with van der Waals surface area (Å²) in [6.07, 6.45) is 6.54. The first kappa shape index (κ1) is 11.6. The van der Waals surface area contributed by atoms with Gasteiger partial charge >= 0.3 is 0 Å². The minimum Gasteiger partial charge on any atom is -0.381 e. The molecule has 0 aromatic carbocycles. The summed E-state index contributed by atoms with van der Waals surface area (Å²) in [5.41, 5.74) is 0.528. The summed E-state index contributed by atoms with van der Waals surface area (Å²) in [5.74, 6) is 0. The van der Waals surface area contributed by atoms with Crippen LogP contribution in [0, 0.1) is 5.41 Å². The van der Waals surface area contributed by atoms with E-state index in [-0.39, 0.29) is 0 Å². The zero-order valence-corrected chi connectivity index (χ0v) is 10.8. The molecule has 1 saturated carbocycles. The summed E-state index contributed by atoms with van der Waals surface area (Å²) >= 11 is 3.41. The second-order valence-corrected chi connectivity index (χ2v) is 5.94. The minimum atomic E-state index is 0.528. The van der Waals surface area contributed by atoms with E-state index in [1.807, 2.05) is 0 Å². The van der Waals surface area contributed by atoms with Gasteiger partial charge < -0.3 is 10.1 Å². The largest absolute Gasteiger partial charge is 0.381 e. The minimum absolute atomic E-state index is 0.528. The molecule has 86 valence electrons. The third-order valence-corrected chi connectivity index (χ3v) is 4.22. The lowest BCUT2D eigenvalue weighted by molar-refractivity contribution is 0.00501. The average molecular weight is 274 g/mol. The number of halogens is 1. The van der Waals surface area contributed by atoms with Crippen LogP contribution in [-0.4, -0.2) is 25.8 Å². The molecule has 2 aliphatic rings. The predicted molar refractivity (Wildman–Crippen MR) is 66.2 cm³/mol. The second kappa shape index (κ2) is 4.98. The van der Waals surface area contributed by atoms with Gasteiger partial charge in [-0.2, -0.15) is 0 Å². The fraction of sp³-hybridized carbons (Fsp3) is 0.833. The highest BCUT2D eigenvalue weighted by atomic mass is 79.9. The SMILES string of the molecule is C=C(Br)CN[C@@H]1CCCC12CCOCC2. The molecular weight excluding hydrogens is 254 g/mol. The molecule has 1 heterocycles. The van der Waals surface area contributed by atoms with Gasteiger partial charge in [-0.1, -0.05) is 28.9 Å². The van der Waals surface area contributed by atoms with Crippen molar-refractivity contribution in [1.82, 2.24) is 5.32 Å². The molecule has 3 heteroatoms. The van der Waals surface area contributed by atoms with E-state index in [4.69, 9.17) is 4.74 Å². The van der Waals surface area contributed by atoms with Gasteiger partial charge in [0.1, 0.15) is 0 Å². The van der Waals surface area contributed by atoms with Crippen molar-refractivity contribution in [3.05, 3.63) is 11.1 Å². The van der Waals surface area contributed by atoms with Crippen LogP contribution in [0.25, 0.3) is 0 Å². The quantitative estimate of drug-likeness (QED) is 0.854. The summed E-state index contributed by atoms with van der Waals surface area (Å²) in [5, 5.41) is 3.64. The summed E-state index contributed by atoms with van der Waals surface area (Å²) in [4.78, 5) is 0. The topological polar surface area (TPSA) is 21.3 Å². The lowest BCUT2D eigenvalue weighted by Gasteiger charge is -2.39. The third-order valence-electron chi connectivity index (χ3n) is 3.94. The molecule has 0 unspecified atom stereocenters. The van der Waals surface area contributed by atoms with E-state index in [9.17, 15) is 0 Å². The highest BCUT2D eigenvalue weighted by Crippen LogP contribution is 2.45. The van der Waals surface area contributed by atoms with Crippen molar-refractivity contribution in [2.45, 2.75) is 38.1 Å². The molecule has 1 saturated heterocycles. The van der Waals surface area contributed by atoms with Crippen molar-refractivity contribution in [1.29, 1.82) is 0 Å². The van der Waals surface area contributed by atoms with Gasteiger partial charge in [0.2, 0.25) is 0 Å². The fourth-order valence-corrected chi connectivity index (χ4v) is 3.23. The van der Waals surface area contributed by atoms with Crippen LogP contribution in [0.4, 0.5) is 0 Å². The standard InChI is InChI=1S/C12H20BrNO/c1-10(13)9-14-11-3-2-4-12(11)5-7-15-8-6-12/h11,14H,1-9H2/t11-/m1/s1. The molecule has 0 bridgehead atoms. The lowest BCUT2D eigenvalue weighted by Crippen LogP contribution is -2.45. The molecule has 1 aliphatic heterocycles. The van der Waals surface area contributed by atoms with Gasteiger partial charge in [0, 0.05) is 30.3 Å². The summed E-state index contributed by atoms with van der Waals surface area (Å²) < 4.78 is 6.53. The monoisotopic (exact) mass is 273 g/mol. The number of hydrogen-bond acceptors (Lipinski definition) is 2. The maximum Gasteiger partial charge on any atom is 0.0471 e. The Morgan fingerprint density at radius 2 is 2.13 bits per heavy atom. The van der Waals surface area contributed by atoms with Crippen LogP contribution in [0.1, 0.15) is 32.1 Å². The van der Waals surface area contributed by atoms with Crippen molar-refractivity contribution in [2.75, 3.05) is 19.8 Å². The van der Waals surface area contributed by atoms with Crippen LogP contribution in [0.15, 0.2) is 11.1 Å². The van der Waals surface area contributed by atoms with Gasteiger partial charge in [-0.3, -0.25) is 0 Å². The molecule has 0 amide bonds. The Morgan fingerprint density at radius 3 is 2.80 bits per heavy atom. The zero-order valence-electron chi connectivity index (χ0n) is 9.23. The molecule has 2 nitrogen and oxygen atoms in total. The van der Waals surface area contributed by atoms with Gasteiger partial charge in [-0.05, 0) is 31.1 Å². The Labute approximate surface area is 101 Å².